The number of carbonyl (C=O) groups is 1. The van der Waals surface area contributed by atoms with Crippen LogP contribution in [0.15, 0.2) is 22.8 Å². The SMILES string of the molecule is O=C(NCc1nc(N2CCCC2)nc(N2CCOCC2)n1)c1ccco1. The first kappa shape index (κ1) is 16.8. The molecule has 0 radical (unpaired) electrons. The molecule has 9 nitrogen and oxygen atoms in total. The fourth-order valence-corrected chi connectivity index (χ4v) is 3.09. The minimum Gasteiger partial charge on any atom is -0.459 e. The Morgan fingerprint density at radius 3 is 2.38 bits per heavy atom. The first-order valence-electron chi connectivity index (χ1n) is 8.94. The Labute approximate surface area is 151 Å². The summed E-state index contributed by atoms with van der Waals surface area (Å²) in [6.07, 6.45) is 3.76. The summed E-state index contributed by atoms with van der Waals surface area (Å²) in [4.78, 5) is 30.1. The Hall–Kier alpha value is -2.68. The largest absolute Gasteiger partial charge is 0.459 e. The van der Waals surface area contributed by atoms with Crippen LogP contribution >= 0.6 is 0 Å². The van der Waals surface area contributed by atoms with E-state index in [0.29, 0.717) is 30.9 Å². The molecule has 0 bridgehead atoms. The first-order chi connectivity index (χ1) is 12.8. The van der Waals surface area contributed by atoms with Gasteiger partial charge >= 0.3 is 0 Å². The fourth-order valence-electron chi connectivity index (χ4n) is 3.09. The molecule has 2 aromatic heterocycles. The lowest BCUT2D eigenvalue weighted by atomic mass is 10.4. The molecule has 2 aliphatic heterocycles. The number of nitrogens with one attached hydrogen (secondary N) is 1. The van der Waals surface area contributed by atoms with E-state index in [2.05, 4.69) is 30.1 Å². The molecule has 1 N–H and O–H groups in total. The average Bonchev–Trinajstić information content (AvgIpc) is 3.40. The standard InChI is InChI=1S/C17H22N6O3/c24-15(13-4-3-9-26-13)18-12-14-19-16(22-5-1-2-6-22)21-17(20-14)23-7-10-25-11-8-23/h3-4,9H,1-2,5-8,10-12H2,(H,18,24). The van der Waals surface area contributed by atoms with Gasteiger partial charge in [-0.25, -0.2) is 0 Å². The monoisotopic (exact) mass is 358 g/mol. The van der Waals surface area contributed by atoms with E-state index in [9.17, 15) is 4.79 Å². The van der Waals surface area contributed by atoms with E-state index in [4.69, 9.17) is 9.15 Å². The summed E-state index contributed by atoms with van der Waals surface area (Å²) in [6.45, 7) is 4.95. The molecule has 9 heteroatoms. The second-order valence-electron chi connectivity index (χ2n) is 6.31. The summed E-state index contributed by atoms with van der Waals surface area (Å²) < 4.78 is 10.5. The molecule has 2 aromatic rings. The van der Waals surface area contributed by atoms with Gasteiger partial charge in [0.1, 0.15) is 0 Å². The maximum Gasteiger partial charge on any atom is 0.287 e. The molecule has 138 valence electrons. The number of hydrogen-bond acceptors (Lipinski definition) is 8. The quantitative estimate of drug-likeness (QED) is 0.840. The summed E-state index contributed by atoms with van der Waals surface area (Å²) in [5.41, 5.74) is 0. The van der Waals surface area contributed by atoms with Gasteiger partial charge in [0, 0.05) is 26.2 Å². The fraction of sp³-hybridized carbons (Fsp3) is 0.529. The molecule has 0 spiro atoms. The molecule has 2 fully saturated rings. The van der Waals surface area contributed by atoms with Crippen LogP contribution in [0.3, 0.4) is 0 Å². The molecule has 0 aromatic carbocycles. The third-order valence-corrected chi connectivity index (χ3v) is 4.49. The van der Waals surface area contributed by atoms with Gasteiger partial charge < -0.3 is 24.3 Å². The zero-order chi connectivity index (χ0) is 17.8. The Morgan fingerprint density at radius 1 is 1.04 bits per heavy atom. The number of carbonyl (C=O) groups excluding carboxylic acids is 1. The molecule has 2 saturated heterocycles. The van der Waals surface area contributed by atoms with Crippen LogP contribution in [0.5, 0.6) is 0 Å². The minimum atomic E-state index is -0.286. The smallest absolute Gasteiger partial charge is 0.287 e. The molecular weight excluding hydrogens is 336 g/mol. The van der Waals surface area contributed by atoms with Gasteiger partial charge in [0.2, 0.25) is 11.9 Å². The number of anilines is 2. The Bertz CT molecular complexity index is 739. The van der Waals surface area contributed by atoms with Crippen molar-refractivity contribution in [3.05, 3.63) is 30.0 Å². The van der Waals surface area contributed by atoms with Crippen LogP contribution < -0.4 is 15.1 Å². The van der Waals surface area contributed by atoms with E-state index >= 15 is 0 Å². The summed E-state index contributed by atoms with van der Waals surface area (Å²) in [6, 6.07) is 3.30. The minimum absolute atomic E-state index is 0.222. The predicted molar refractivity (Wildman–Crippen MR) is 94.2 cm³/mol. The highest BCUT2D eigenvalue weighted by Crippen LogP contribution is 2.19. The zero-order valence-electron chi connectivity index (χ0n) is 14.6. The lowest BCUT2D eigenvalue weighted by molar-refractivity contribution is 0.0922. The van der Waals surface area contributed by atoms with Crippen molar-refractivity contribution >= 4 is 17.8 Å². The lowest BCUT2D eigenvalue weighted by Crippen LogP contribution is -2.38. The molecule has 0 unspecified atom stereocenters. The van der Waals surface area contributed by atoms with Gasteiger partial charge in [-0.1, -0.05) is 0 Å². The van der Waals surface area contributed by atoms with Crippen molar-refractivity contribution in [2.24, 2.45) is 0 Å². The van der Waals surface area contributed by atoms with Gasteiger partial charge in [0.25, 0.3) is 5.91 Å². The number of morpholine rings is 1. The molecule has 0 atom stereocenters. The van der Waals surface area contributed by atoms with E-state index in [-0.39, 0.29) is 18.2 Å². The van der Waals surface area contributed by atoms with Crippen molar-refractivity contribution in [3.63, 3.8) is 0 Å². The van der Waals surface area contributed by atoms with E-state index in [0.717, 1.165) is 39.0 Å². The van der Waals surface area contributed by atoms with E-state index in [1.807, 2.05) is 0 Å². The van der Waals surface area contributed by atoms with Crippen molar-refractivity contribution in [2.75, 3.05) is 49.2 Å². The van der Waals surface area contributed by atoms with Gasteiger partial charge in [-0.3, -0.25) is 4.79 Å². The lowest BCUT2D eigenvalue weighted by Gasteiger charge is -2.28. The third-order valence-electron chi connectivity index (χ3n) is 4.49. The number of ether oxygens (including phenoxy) is 1. The normalized spacial score (nSPS) is 17.5. The maximum absolute atomic E-state index is 12.1. The molecule has 0 aliphatic carbocycles. The first-order valence-corrected chi connectivity index (χ1v) is 8.94. The molecular formula is C17H22N6O3. The number of furan rings is 1. The van der Waals surface area contributed by atoms with Gasteiger partial charge in [-0.05, 0) is 25.0 Å². The third kappa shape index (κ3) is 3.77. The highest BCUT2D eigenvalue weighted by Gasteiger charge is 2.21. The zero-order valence-corrected chi connectivity index (χ0v) is 14.6. The predicted octanol–water partition coefficient (Wildman–Crippen LogP) is 0.831. The summed E-state index contributed by atoms with van der Waals surface area (Å²) in [5.74, 6) is 1.86. The number of rotatable bonds is 5. The van der Waals surface area contributed by atoms with Crippen LogP contribution in [0.2, 0.25) is 0 Å². The number of aromatic nitrogens is 3. The summed E-state index contributed by atoms with van der Waals surface area (Å²) in [5, 5.41) is 2.80. The van der Waals surface area contributed by atoms with Crippen LogP contribution in [-0.2, 0) is 11.3 Å². The highest BCUT2D eigenvalue weighted by atomic mass is 16.5. The molecule has 4 rings (SSSR count). The van der Waals surface area contributed by atoms with Crippen LogP contribution in [0.1, 0.15) is 29.2 Å². The second-order valence-corrected chi connectivity index (χ2v) is 6.31. The topological polar surface area (TPSA) is 96.6 Å². The van der Waals surface area contributed by atoms with E-state index in [1.165, 1.54) is 6.26 Å². The second kappa shape index (κ2) is 7.69. The maximum atomic E-state index is 12.1. The highest BCUT2D eigenvalue weighted by molar-refractivity contribution is 5.91. The average molecular weight is 358 g/mol. The van der Waals surface area contributed by atoms with Gasteiger partial charge in [0.15, 0.2) is 11.6 Å². The number of amides is 1. The van der Waals surface area contributed by atoms with Crippen LogP contribution in [0.4, 0.5) is 11.9 Å². The van der Waals surface area contributed by atoms with Crippen molar-refractivity contribution < 1.29 is 13.9 Å². The Morgan fingerprint density at radius 2 is 1.73 bits per heavy atom. The number of nitrogens with zero attached hydrogens (tertiary/aromatic N) is 5. The molecule has 0 saturated carbocycles. The van der Waals surface area contributed by atoms with E-state index < -0.39 is 0 Å². The van der Waals surface area contributed by atoms with Gasteiger partial charge in [0.05, 0.1) is 26.0 Å². The summed E-state index contributed by atoms with van der Waals surface area (Å²) >= 11 is 0. The molecule has 26 heavy (non-hydrogen) atoms. The van der Waals surface area contributed by atoms with Gasteiger partial charge in [-0.2, -0.15) is 15.0 Å². The van der Waals surface area contributed by atoms with Crippen molar-refractivity contribution in [2.45, 2.75) is 19.4 Å². The van der Waals surface area contributed by atoms with Crippen LogP contribution in [-0.4, -0.2) is 60.3 Å². The van der Waals surface area contributed by atoms with Crippen LogP contribution in [0.25, 0.3) is 0 Å². The molecule has 4 heterocycles. The van der Waals surface area contributed by atoms with Crippen LogP contribution in [0, 0.1) is 0 Å². The van der Waals surface area contributed by atoms with Gasteiger partial charge in [-0.15, -0.1) is 0 Å². The van der Waals surface area contributed by atoms with Crippen molar-refractivity contribution in [1.29, 1.82) is 0 Å². The van der Waals surface area contributed by atoms with Crippen molar-refractivity contribution in [1.82, 2.24) is 20.3 Å². The Balaban J connectivity index is 1.53. The molecule has 1 amide bonds. The number of hydrogen-bond donors (Lipinski definition) is 1. The van der Waals surface area contributed by atoms with Crippen molar-refractivity contribution in [3.8, 4) is 0 Å². The Kier molecular flexibility index (Phi) is 4.96. The molecule has 2 aliphatic rings. The summed E-state index contributed by atoms with van der Waals surface area (Å²) in [7, 11) is 0. The van der Waals surface area contributed by atoms with E-state index in [1.54, 1.807) is 12.1 Å².